The summed E-state index contributed by atoms with van der Waals surface area (Å²) >= 11 is 0. The maximum Gasteiger partial charge on any atom is 0.256 e. The monoisotopic (exact) mass is 503 g/mol. The van der Waals surface area contributed by atoms with Gasteiger partial charge in [-0.1, -0.05) is 32.9 Å². The number of pyridine rings is 1. The number of carbonyl (C=O) groups excluding carboxylic acids is 1. The second kappa shape index (κ2) is 10.8. The van der Waals surface area contributed by atoms with Crippen LogP contribution in [0.15, 0.2) is 42.6 Å². The van der Waals surface area contributed by atoms with Crippen LogP contribution in [0.3, 0.4) is 0 Å². The molecule has 9 heteroatoms. The van der Waals surface area contributed by atoms with Crippen LogP contribution in [0.5, 0.6) is 0 Å². The van der Waals surface area contributed by atoms with E-state index in [-0.39, 0.29) is 30.0 Å². The summed E-state index contributed by atoms with van der Waals surface area (Å²) in [6.07, 6.45) is 2.30. The van der Waals surface area contributed by atoms with E-state index in [1.807, 2.05) is 45.2 Å². The molecule has 1 aliphatic heterocycles. The van der Waals surface area contributed by atoms with Gasteiger partial charge in [0.15, 0.2) is 0 Å². The van der Waals surface area contributed by atoms with Gasteiger partial charge in [-0.15, -0.1) is 0 Å². The number of hydrogen-bond acceptors (Lipinski definition) is 8. The van der Waals surface area contributed by atoms with Crippen LogP contribution >= 0.6 is 0 Å². The Morgan fingerprint density at radius 3 is 2.62 bits per heavy atom. The summed E-state index contributed by atoms with van der Waals surface area (Å²) in [6, 6.07) is 12.0. The standard InChI is InChI=1S/C28H37N7O2/c1-17(2)30-26(37)22-14-29-27(34-25(22)33-24-9-7-8-23(32-24)28(3,4)5)31-20-11-10-18-15-35(6)21(16-36)13-19(18)12-20/h7-12,14,17,21,36H,13,15-16H2,1-6H3,(H,30,37)(H2,29,31,32,33,34). The number of anilines is 4. The predicted molar refractivity (Wildman–Crippen MR) is 147 cm³/mol. The van der Waals surface area contributed by atoms with Crippen LogP contribution < -0.4 is 16.0 Å². The van der Waals surface area contributed by atoms with Crippen LogP contribution in [-0.4, -0.2) is 56.6 Å². The zero-order chi connectivity index (χ0) is 26.7. The number of benzene rings is 1. The fraction of sp³-hybridized carbons (Fsp3) is 0.429. The van der Waals surface area contributed by atoms with Crippen molar-refractivity contribution in [3.05, 3.63) is 65.0 Å². The van der Waals surface area contributed by atoms with Crippen molar-refractivity contribution in [3.8, 4) is 0 Å². The van der Waals surface area contributed by atoms with Gasteiger partial charge < -0.3 is 21.1 Å². The number of nitrogens with one attached hydrogen (secondary N) is 3. The number of aliphatic hydroxyl groups is 1. The topological polar surface area (TPSA) is 115 Å². The van der Waals surface area contributed by atoms with Crippen molar-refractivity contribution in [2.45, 2.75) is 65.1 Å². The van der Waals surface area contributed by atoms with Crippen molar-refractivity contribution in [1.82, 2.24) is 25.2 Å². The second-order valence-corrected chi connectivity index (χ2v) is 10.9. The minimum absolute atomic E-state index is 0.0298. The Kier molecular flexibility index (Phi) is 7.75. The Morgan fingerprint density at radius 1 is 1.14 bits per heavy atom. The zero-order valence-electron chi connectivity index (χ0n) is 22.5. The maximum absolute atomic E-state index is 12.9. The molecule has 0 bridgehead atoms. The average Bonchev–Trinajstić information content (AvgIpc) is 2.83. The van der Waals surface area contributed by atoms with Gasteiger partial charge in [-0.25, -0.2) is 9.97 Å². The van der Waals surface area contributed by atoms with E-state index in [0.717, 1.165) is 24.3 Å². The molecule has 0 saturated carbocycles. The van der Waals surface area contributed by atoms with E-state index >= 15 is 0 Å². The van der Waals surface area contributed by atoms with Crippen LogP contribution in [0.4, 0.5) is 23.3 Å². The normalized spacial score (nSPS) is 15.8. The molecule has 0 saturated heterocycles. The van der Waals surface area contributed by atoms with Crippen molar-refractivity contribution >= 4 is 29.2 Å². The first-order valence-electron chi connectivity index (χ1n) is 12.7. The molecule has 9 nitrogen and oxygen atoms in total. The number of fused-ring (bicyclic) bond motifs is 1. The van der Waals surface area contributed by atoms with Crippen LogP contribution in [-0.2, 0) is 18.4 Å². The highest BCUT2D eigenvalue weighted by atomic mass is 16.3. The fourth-order valence-electron chi connectivity index (χ4n) is 4.28. The lowest BCUT2D eigenvalue weighted by Crippen LogP contribution is -2.39. The molecular formula is C28H37N7O2. The first-order valence-corrected chi connectivity index (χ1v) is 12.7. The van der Waals surface area contributed by atoms with Gasteiger partial charge in [-0.2, -0.15) is 4.98 Å². The summed E-state index contributed by atoms with van der Waals surface area (Å²) in [5, 5.41) is 19.1. The summed E-state index contributed by atoms with van der Waals surface area (Å²) in [6.45, 7) is 11.0. The summed E-state index contributed by atoms with van der Waals surface area (Å²) in [4.78, 5) is 28.9. The van der Waals surface area contributed by atoms with Crippen molar-refractivity contribution in [2.75, 3.05) is 24.3 Å². The van der Waals surface area contributed by atoms with E-state index in [2.05, 4.69) is 63.7 Å². The molecule has 1 amide bonds. The van der Waals surface area contributed by atoms with E-state index in [1.165, 1.54) is 17.3 Å². The van der Waals surface area contributed by atoms with E-state index in [4.69, 9.17) is 4.98 Å². The predicted octanol–water partition coefficient (Wildman–Crippen LogP) is 4.14. The van der Waals surface area contributed by atoms with Crippen LogP contribution in [0.25, 0.3) is 0 Å². The number of amides is 1. The molecule has 0 spiro atoms. The summed E-state index contributed by atoms with van der Waals surface area (Å²) in [5.74, 6) is 1.07. The van der Waals surface area contributed by atoms with E-state index < -0.39 is 0 Å². The Labute approximate surface area is 218 Å². The van der Waals surface area contributed by atoms with Gasteiger partial charge in [0.1, 0.15) is 17.2 Å². The molecule has 196 valence electrons. The molecule has 0 radical (unpaired) electrons. The van der Waals surface area contributed by atoms with E-state index in [9.17, 15) is 9.90 Å². The van der Waals surface area contributed by atoms with Gasteiger partial charge in [0.2, 0.25) is 5.95 Å². The van der Waals surface area contributed by atoms with Crippen molar-refractivity contribution in [3.63, 3.8) is 0 Å². The number of carbonyl (C=O) groups is 1. The van der Waals surface area contributed by atoms with Gasteiger partial charge in [-0.05, 0) is 62.7 Å². The number of aliphatic hydroxyl groups excluding tert-OH is 1. The largest absolute Gasteiger partial charge is 0.395 e. The smallest absolute Gasteiger partial charge is 0.256 e. The number of nitrogens with zero attached hydrogens (tertiary/aromatic N) is 4. The highest BCUT2D eigenvalue weighted by Gasteiger charge is 2.23. The third-order valence-electron chi connectivity index (χ3n) is 6.39. The Hall–Kier alpha value is -3.56. The highest BCUT2D eigenvalue weighted by Crippen LogP contribution is 2.28. The summed E-state index contributed by atoms with van der Waals surface area (Å²) in [7, 11) is 2.03. The van der Waals surface area contributed by atoms with Crippen molar-refractivity contribution in [1.29, 1.82) is 0 Å². The molecule has 0 aliphatic carbocycles. The Balaban J connectivity index is 1.64. The Morgan fingerprint density at radius 2 is 1.92 bits per heavy atom. The third kappa shape index (κ3) is 6.42. The van der Waals surface area contributed by atoms with E-state index in [0.29, 0.717) is 23.1 Å². The molecule has 4 N–H and O–H groups in total. The summed E-state index contributed by atoms with van der Waals surface area (Å²) in [5.41, 5.74) is 4.42. The molecular weight excluding hydrogens is 466 g/mol. The highest BCUT2D eigenvalue weighted by molar-refractivity contribution is 5.99. The van der Waals surface area contributed by atoms with Gasteiger partial charge >= 0.3 is 0 Å². The SMILES string of the molecule is CC(C)NC(=O)c1cnc(Nc2ccc3c(c2)CC(CO)N(C)C3)nc1Nc1cccc(C(C)(C)C)n1. The number of rotatable bonds is 7. The molecule has 1 aliphatic rings. The lowest BCUT2D eigenvalue weighted by atomic mass is 9.92. The second-order valence-electron chi connectivity index (χ2n) is 10.9. The fourth-order valence-corrected chi connectivity index (χ4v) is 4.28. The van der Waals surface area contributed by atoms with Crippen LogP contribution in [0, 0.1) is 0 Å². The first kappa shape index (κ1) is 26.5. The maximum atomic E-state index is 12.9. The van der Waals surface area contributed by atoms with Gasteiger partial charge in [-0.3, -0.25) is 9.69 Å². The lowest BCUT2D eigenvalue weighted by Gasteiger charge is -2.33. The van der Waals surface area contributed by atoms with Crippen molar-refractivity contribution < 1.29 is 9.90 Å². The first-order chi connectivity index (χ1) is 17.5. The number of aromatic nitrogens is 3. The average molecular weight is 504 g/mol. The molecule has 3 aromatic rings. The molecule has 1 unspecified atom stereocenters. The Bertz CT molecular complexity index is 1270. The van der Waals surface area contributed by atoms with Gasteiger partial charge in [0.25, 0.3) is 5.91 Å². The molecule has 1 atom stereocenters. The molecule has 2 aromatic heterocycles. The quantitative estimate of drug-likeness (QED) is 0.380. The minimum Gasteiger partial charge on any atom is -0.395 e. The molecule has 4 rings (SSSR count). The molecule has 1 aromatic carbocycles. The molecule has 37 heavy (non-hydrogen) atoms. The molecule has 3 heterocycles. The number of likely N-dealkylation sites (N-methyl/N-ethyl adjacent to an activating group) is 1. The van der Waals surface area contributed by atoms with Crippen molar-refractivity contribution in [2.24, 2.45) is 0 Å². The van der Waals surface area contributed by atoms with Crippen LogP contribution in [0.1, 0.15) is 61.8 Å². The number of hydrogen-bond donors (Lipinski definition) is 4. The van der Waals surface area contributed by atoms with Gasteiger partial charge in [0, 0.05) is 41.6 Å². The molecule has 0 fully saturated rings. The van der Waals surface area contributed by atoms with Gasteiger partial charge in [0.05, 0.1) is 6.61 Å². The minimum atomic E-state index is -0.260. The lowest BCUT2D eigenvalue weighted by molar-refractivity contribution is 0.0943. The zero-order valence-corrected chi connectivity index (χ0v) is 22.5. The van der Waals surface area contributed by atoms with Crippen LogP contribution in [0.2, 0.25) is 0 Å². The third-order valence-corrected chi connectivity index (χ3v) is 6.39. The van der Waals surface area contributed by atoms with E-state index in [1.54, 1.807) is 0 Å². The summed E-state index contributed by atoms with van der Waals surface area (Å²) < 4.78 is 0.